The van der Waals surface area contributed by atoms with Crippen molar-refractivity contribution in [1.29, 1.82) is 0 Å². The normalized spacial score (nSPS) is 22.6. The van der Waals surface area contributed by atoms with E-state index < -0.39 is 6.10 Å². The van der Waals surface area contributed by atoms with Crippen LogP contribution in [-0.4, -0.2) is 17.8 Å². The number of thiophene rings is 1. The van der Waals surface area contributed by atoms with Crippen LogP contribution in [0.25, 0.3) is 0 Å². The van der Waals surface area contributed by atoms with Crippen molar-refractivity contribution in [2.45, 2.75) is 37.9 Å². The van der Waals surface area contributed by atoms with Crippen LogP contribution in [0, 0.1) is 0 Å². The van der Waals surface area contributed by atoms with Gasteiger partial charge in [0.1, 0.15) is 4.34 Å². The molecule has 1 fully saturated rings. The monoisotopic (exact) mass is 324 g/mol. The van der Waals surface area contributed by atoms with E-state index in [4.69, 9.17) is 16.3 Å². The maximum atomic E-state index is 9.99. The first-order valence-electron chi connectivity index (χ1n) is 5.41. The van der Waals surface area contributed by atoms with E-state index >= 15 is 0 Å². The summed E-state index contributed by atoms with van der Waals surface area (Å²) in [4.78, 5) is 0.926. The average Bonchev–Trinajstić information content (AvgIpc) is 2.86. The van der Waals surface area contributed by atoms with Gasteiger partial charge in [0.25, 0.3) is 0 Å². The lowest BCUT2D eigenvalue weighted by atomic mass is 10.1. The Bertz CT molecular complexity index is 330. The largest absolute Gasteiger partial charge is 0.388 e. The summed E-state index contributed by atoms with van der Waals surface area (Å²) in [6.45, 7) is 0.872. The predicted molar refractivity (Wildman–Crippen MR) is 70.2 cm³/mol. The summed E-state index contributed by atoms with van der Waals surface area (Å²) < 4.78 is 7.09. The first kappa shape index (κ1) is 12.8. The van der Waals surface area contributed by atoms with E-state index in [1.807, 2.05) is 6.07 Å². The molecule has 2 heterocycles. The summed E-state index contributed by atoms with van der Waals surface area (Å²) in [7, 11) is 0. The number of rotatable bonds is 4. The standard InChI is InChI=1S/C11H14BrClO2S/c12-8-6-10(16-11(8)13)9(14)4-3-7-2-1-5-15-7/h6-7,9,14H,1-5H2. The Morgan fingerprint density at radius 3 is 3.06 bits per heavy atom. The molecule has 90 valence electrons. The fourth-order valence-corrected chi connectivity index (χ4v) is 3.64. The minimum Gasteiger partial charge on any atom is -0.388 e. The highest BCUT2D eigenvalue weighted by atomic mass is 79.9. The van der Waals surface area contributed by atoms with Gasteiger partial charge in [-0.25, -0.2) is 0 Å². The van der Waals surface area contributed by atoms with Gasteiger partial charge in [-0.15, -0.1) is 11.3 Å². The van der Waals surface area contributed by atoms with E-state index in [2.05, 4.69) is 15.9 Å². The zero-order chi connectivity index (χ0) is 11.5. The first-order chi connectivity index (χ1) is 7.66. The molecule has 0 bridgehead atoms. The van der Waals surface area contributed by atoms with E-state index in [0.717, 1.165) is 41.6 Å². The van der Waals surface area contributed by atoms with E-state index in [1.54, 1.807) is 0 Å². The van der Waals surface area contributed by atoms with Crippen LogP contribution in [-0.2, 0) is 4.74 Å². The van der Waals surface area contributed by atoms with E-state index in [0.29, 0.717) is 10.4 Å². The van der Waals surface area contributed by atoms with Crippen LogP contribution in [0.4, 0.5) is 0 Å². The van der Waals surface area contributed by atoms with Crippen LogP contribution >= 0.6 is 38.9 Å². The second-order valence-corrected chi connectivity index (χ2v) is 6.54. The van der Waals surface area contributed by atoms with Crippen LogP contribution < -0.4 is 0 Å². The molecule has 0 saturated carbocycles. The molecule has 1 aromatic heterocycles. The number of aliphatic hydroxyl groups is 1. The highest BCUT2D eigenvalue weighted by Crippen LogP contribution is 2.36. The minimum atomic E-state index is -0.419. The molecule has 2 atom stereocenters. The Hall–Kier alpha value is 0.390. The molecule has 2 rings (SSSR count). The molecule has 16 heavy (non-hydrogen) atoms. The smallest absolute Gasteiger partial charge is 0.107 e. The first-order valence-corrected chi connectivity index (χ1v) is 7.40. The third kappa shape index (κ3) is 3.20. The Labute approximate surface area is 113 Å². The molecule has 5 heteroatoms. The molecule has 2 nitrogen and oxygen atoms in total. The molecule has 1 saturated heterocycles. The number of aliphatic hydroxyl groups excluding tert-OH is 1. The van der Waals surface area contributed by atoms with Crippen LogP contribution in [0.1, 0.15) is 36.7 Å². The molecule has 1 aromatic rings. The lowest BCUT2D eigenvalue weighted by molar-refractivity contribution is 0.0820. The van der Waals surface area contributed by atoms with Crippen molar-refractivity contribution in [3.05, 3.63) is 19.8 Å². The molecule has 0 aromatic carbocycles. The highest BCUT2D eigenvalue weighted by Gasteiger charge is 2.19. The topological polar surface area (TPSA) is 29.5 Å². The quantitative estimate of drug-likeness (QED) is 0.901. The SMILES string of the molecule is OC(CCC1CCCO1)c1cc(Br)c(Cl)s1. The van der Waals surface area contributed by atoms with E-state index in [-0.39, 0.29) is 0 Å². The Kier molecular flexibility index (Phi) is 4.67. The van der Waals surface area contributed by atoms with Gasteiger partial charge in [-0.05, 0) is 47.7 Å². The second kappa shape index (κ2) is 5.83. The summed E-state index contributed by atoms with van der Waals surface area (Å²) in [5.74, 6) is 0. The fourth-order valence-electron chi connectivity index (χ4n) is 1.89. The molecule has 2 unspecified atom stereocenters. The van der Waals surface area contributed by atoms with E-state index in [9.17, 15) is 5.11 Å². The number of ether oxygens (including phenoxy) is 1. The van der Waals surface area contributed by atoms with Gasteiger partial charge in [-0.2, -0.15) is 0 Å². The van der Waals surface area contributed by atoms with Gasteiger partial charge in [0, 0.05) is 16.0 Å². The Balaban J connectivity index is 1.84. The van der Waals surface area contributed by atoms with Gasteiger partial charge in [-0.1, -0.05) is 11.6 Å². The number of hydrogen-bond donors (Lipinski definition) is 1. The second-order valence-electron chi connectivity index (χ2n) is 4.00. The molecular formula is C11H14BrClO2S. The van der Waals surface area contributed by atoms with Gasteiger partial charge in [0.15, 0.2) is 0 Å². The summed E-state index contributed by atoms with van der Waals surface area (Å²) >= 11 is 10.7. The minimum absolute atomic E-state index is 0.341. The number of hydrogen-bond acceptors (Lipinski definition) is 3. The zero-order valence-corrected chi connectivity index (χ0v) is 11.9. The zero-order valence-electron chi connectivity index (χ0n) is 8.79. The maximum Gasteiger partial charge on any atom is 0.107 e. The van der Waals surface area contributed by atoms with Crippen molar-refractivity contribution >= 4 is 38.9 Å². The Morgan fingerprint density at radius 1 is 1.69 bits per heavy atom. The molecule has 1 N–H and O–H groups in total. The van der Waals surface area contributed by atoms with Crippen molar-refractivity contribution in [3.63, 3.8) is 0 Å². The molecule has 0 amide bonds. The average molecular weight is 326 g/mol. The van der Waals surface area contributed by atoms with Gasteiger partial charge in [-0.3, -0.25) is 0 Å². The molecule has 1 aliphatic heterocycles. The summed E-state index contributed by atoms with van der Waals surface area (Å²) in [6, 6.07) is 1.90. The molecule has 1 aliphatic rings. The molecular weight excluding hydrogens is 312 g/mol. The van der Waals surface area contributed by atoms with Crippen molar-refractivity contribution in [3.8, 4) is 0 Å². The number of halogens is 2. The van der Waals surface area contributed by atoms with Gasteiger partial charge in [0.05, 0.1) is 12.2 Å². The highest BCUT2D eigenvalue weighted by molar-refractivity contribution is 9.10. The van der Waals surface area contributed by atoms with Crippen LogP contribution in [0.15, 0.2) is 10.5 Å². The van der Waals surface area contributed by atoms with Gasteiger partial charge < -0.3 is 9.84 Å². The molecule has 0 spiro atoms. The van der Waals surface area contributed by atoms with Crippen LogP contribution in [0.2, 0.25) is 4.34 Å². The molecule has 0 aliphatic carbocycles. The van der Waals surface area contributed by atoms with Gasteiger partial charge >= 0.3 is 0 Å². The lowest BCUT2D eigenvalue weighted by Crippen LogP contribution is -2.07. The fraction of sp³-hybridized carbons (Fsp3) is 0.636. The van der Waals surface area contributed by atoms with Crippen molar-refractivity contribution in [1.82, 2.24) is 0 Å². The lowest BCUT2D eigenvalue weighted by Gasteiger charge is -2.12. The van der Waals surface area contributed by atoms with Crippen molar-refractivity contribution < 1.29 is 9.84 Å². The summed E-state index contributed by atoms with van der Waals surface area (Å²) in [6.07, 6.45) is 3.87. The van der Waals surface area contributed by atoms with E-state index in [1.165, 1.54) is 11.3 Å². The van der Waals surface area contributed by atoms with Crippen LogP contribution in [0.3, 0.4) is 0 Å². The third-order valence-corrected chi connectivity index (χ3v) is 5.35. The summed E-state index contributed by atoms with van der Waals surface area (Å²) in [5.41, 5.74) is 0. The van der Waals surface area contributed by atoms with Gasteiger partial charge in [0.2, 0.25) is 0 Å². The van der Waals surface area contributed by atoms with Crippen molar-refractivity contribution in [2.75, 3.05) is 6.61 Å². The predicted octanol–water partition coefficient (Wildman–Crippen LogP) is 4.16. The summed E-state index contributed by atoms with van der Waals surface area (Å²) in [5, 5.41) is 9.99. The van der Waals surface area contributed by atoms with Crippen molar-refractivity contribution in [2.24, 2.45) is 0 Å². The Morgan fingerprint density at radius 2 is 2.50 bits per heavy atom. The maximum absolute atomic E-state index is 9.99. The van der Waals surface area contributed by atoms with Crippen LogP contribution in [0.5, 0.6) is 0 Å². The molecule has 0 radical (unpaired) electrons. The third-order valence-electron chi connectivity index (χ3n) is 2.78.